The number of benzene rings is 2. The molecule has 1 atom stereocenters. The standard InChI is InChI=1S/C20H26ClNO2/c1-14(2)13-24-18-6-4-5-15(10-18)9-17(12-22)16-7-8-20(23-3)19(21)11-16/h4-8,10-11,14,17H,9,12-13,22H2,1-3H3. The third-order valence-electron chi connectivity index (χ3n) is 3.90. The third-order valence-corrected chi connectivity index (χ3v) is 4.19. The summed E-state index contributed by atoms with van der Waals surface area (Å²) >= 11 is 6.24. The molecular formula is C20H26ClNO2. The molecule has 0 amide bonds. The number of hydrogen-bond acceptors (Lipinski definition) is 3. The molecule has 0 aliphatic carbocycles. The lowest BCUT2D eigenvalue weighted by molar-refractivity contribution is 0.271. The van der Waals surface area contributed by atoms with Gasteiger partial charge in [-0.25, -0.2) is 0 Å². The molecule has 0 saturated carbocycles. The average molecular weight is 348 g/mol. The minimum absolute atomic E-state index is 0.203. The molecule has 2 N–H and O–H groups in total. The van der Waals surface area contributed by atoms with Gasteiger partial charge in [0, 0.05) is 5.92 Å². The van der Waals surface area contributed by atoms with Gasteiger partial charge in [-0.2, -0.15) is 0 Å². The molecule has 24 heavy (non-hydrogen) atoms. The molecule has 0 spiro atoms. The first kappa shape index (κ1) is 18.6. The highest BCUT2D eigenvalue weighted by molar-refractivity contribution is 6.32. The summed E-state index contributed by atoms with van der Waals surface area (Å²) in [5.74, 6) is 2.30. The minimum Gasteiger partial charge on any atom is -0.495 e. The Kier molecular flexibility index (Phi) is 6.95. The summed E-state index contributed by atoms with van der Waals surface area (Å²) < 4.78 is 11.0. The minimum atomic E-state index is 0.203. The van der Waals surface area contributed by atoms with Crippen LogP contribution >= 0.6 is 11.6 Å². The Balaban J connectivity index is 2.12. The highest BCUT2D eigenvalue weighted by Crippen LogP contribution is 2.30. The van der Waals surface area contributed by atoms with E-state index in [-0.39, 0.29) is 5.92 Å². The molecule has 0 radical (unpaired) electrons. The summed E-state index contributed by atoms with van der Waals surface area (Å²) in [4.78, 5) is 0. The van der Waals surface area contributed by atoms with E-state index < -0.39 is 0 Å². The maximum Gasteiger partial charge on any atom is 0.137 e. The highest BCUT2D eigenvalue weighted by Gasteiger charge is 2.13. The van der Waals surface area contributed by atoms with E-state index in [2.05, 4.69) is 26.0 Å². The van der Waals surface area contributed by atoms with E-state index in [4.69, 9.17) is 26.8 Å². The number of rotatable bonds is 8. The van der Waals surface area contributed by atoms with Crippen molar-refractivity contribution in [2.75, 3.05) is 20.3 Å². The largest absolute Gasteiger partial charge is 0.495 e. The Morgan fingerprint density at radius 3 is 2.54 bits per heavy atom. The third kappa shape index (κ3) is 5.15. The number of methoxy groups -OCH3 is 1. The van der Waals surface area contributed by atoms with Crippen LogP contribution in [0.1, 0.15) is 30.9 Å². The topological polar surface area (TPSA) is 44.5 Å². The second-order valence-corrected chi connectivity index (χ2v) is 6.79. The molecule has 4 heteroatoms. The van der Waals surface area contributed by atoms with E-state index in [0.717, 1.165) is 24.3 Å². The van der Waals surface area contributed by atoms with Gasteiger partial charge in [-0.15, -0.1) is 0 Å². The maximum absolute atomic E-state index is 6.24. The summed E-state index contributed by atoms with van der Waals surface area (Å²) in [6, 6.07) is 14.1. The Morgan fingerprint density at radius 2 is 1.92 bits per heavy atom. The van der Waals surface area contributed by atoms with Crippen molar-refractivity contribution in [2.45, 2.75) is 26.2 Å². The van der Waals surface area contributed by atoms with Gasteiger partial charge < -0.3 is 15.2 Å². The predicted octanol–water partition coefficient (Wildman–Crippen LogP) is 4.67. The van der Waals surface area contributed by atoms with Crippen LogP contribution in [0, 0.1) is 5.92 Å². The lowest BCUT2D eigenvalue weighted by Gasteiger charge is -2.17. The maximum atomic E-state index is 6.24. The lowest BCUT2D eigenvalue weighted by Crippen LogP contribution is -2.15. The van der Waals surface area contributed by atoms with Gasteiger partial charge in [0.1, 0.15) is 11.5 Å². The Hall–Kier alpha value is -1.71. The van der Waals surface area contributed by atoms with Gasteiger partial charge in [-0.3, -0.25) is 0 Å². The number of halogens is 1. The summed E-state index contributed by atoms with van der Waals surface area (Å²) in [6.07, 6.45) is 0.845. The Bertz CT molecular complexity index is 658. The molecule has 130 valence electrons. The van der Waals surface area contributed by atoms with Crippen LogP contribution in [0.2, 0.25) is 5.02 Å². The van der Waals surface area contributed by atoms with Crippen LogP contribution in [0.5, 0.6) is 11.5 Å². The van der Waals surface area contributed by atoms with Crippen molar-refractivity contribution in [3.05, 3.63) is 58.6 Å². The van der Waals surface area contributed by atoms with E-state index in [9.17, 15) is 0 Å². The van der Waals surface area contributed by atoms with Crippen molar-refractivity contribution in [1.29, 1.82) is 0 Å². The molecule has 3 nitrogen and oxygen atoms in total. The quantitative estimate of drug-likeness (QED) is 0.754. The van der Waals surface area contributed by atoms with E-state index in [1.54, 1.807) is 7.11 Å². The molecule has 1 unspecified atom stereocenters. The molecule has 0 heterocycles. The van der Waals surface area contributed by atoms with Gasteiger partial charge in [-0.05, 0) is 54.3 Å². The first-order valence-electron chi connectivity index (χ1n) is 8.28. The van der Waals surface area contributed by atoms with E-state index in [1.807, 2.05) is 30.3 Å². The molecule has 2 aromatic carbocycles. The molecule has 0 fully saturated rings. The Morgan fingerprint density at radius 1 is 1.12 bits per heavy atom. The Labute approximate surface area is 149 Å². The van der Waals surface area contributed by atoms with E-state index in [1.165, 1.54) is 5.56 Å². The highest BCUT2D eigenvalue weighted by atomic mass is 35.5. The molecular weight excluding hydrogens is 322 g/mol. The van der Waals surface area contributed by atoms with Crippen LogP contribution in [0.25, 0.3) is 0 Å². The molecule has 0 saturated heterocycles. The van der Waals surface area contributed by atoms with Crippen molar-refractivity contribution in [1.82, 2.24) is 0 Å². The lowest BCUT2D eigenvalue weighted by atomic mass is 9.92. The molecule has 0 aliphatic rings. The zero-order chi connectivity index (χ0) is 17.5. The van der Waals surface area contributed by atoms with Gasteiger partial charge in [-0.1, -0.05) is 43.6 Å². The van der Waals surface area contributed by atoms with Crippen LogP contribution in [0.4, 0.5) is 0 Å². The summed E-state index contributed by atoms with van der Waals surface area (Å²) in [5.41, 5.74) is 8.33. The van der Waals surface area contributed by atoms with Crippen molar-refractivity contribution in [3.8, 4) is 11.5 Å². The van der Waals surface area contributed by atoms with Crippen molar-refractivity contribution in [2.24, 2.45) is 11.7 Å². The predicted molar refractivity (Wildman–Crippen MR) is 100 cm³/mol. The molecule has 2 rings (SSSR count). The van der Waals surface area contributed by atoms with Crippen molar-refractivity contribution >= 4 is 11.6 Å². The van der Waals surface area contributed by atoms with Gasteiger partial charge in [0.15, 0.2) is 0 Å². The van der Waals surface area contributed by atoms with Gasteiger partial charge in [0.05, 0.1) is 18.7 Å². The van der Waals surface area contributed by atoms with Crippen LogP contribution in [0.15, 0.2) is 42.5 Å². The zero-order valence-electron chi connectivity index (χ0n) is 14.6. The molecule has 0 aromatic heterocycles. The monoisotopic (exact) mass is 347 g/mol. The first-order valence-corrected chi connectivity index (χ1v) is 8.66. The van der Waals surface area contributed by atoms with Gasteiger partial charge in [0.2, 0.25) is 0 Å². The fourth-order valence-corrected chi connectivity index (χ4v) is 2.85. The number of ether oxygens (including phenoxy) is 2. The van der Waals surface area contributed by atoms with Crippen LogP contribution in [-0.4, -0.2) is 20.3 Å². The smallest absolute Gasteiger partial charge is 0.137 e. The normalized spacial score (nSPS) is 12.2. The van der Waals surface area contributed by atoms with Gasteiger partial charge >= 0.3 is 0 Å². The van der Waals surface area contributed by atoms with E-state index in [0.29, 0.717) is 23.2 Å². The molecule has 0 aliphatic heterocycles. The summed E-state index contributed by atoms with van der Waals surface area (Å²) in [5, 5.41) is 0.613. The first-order chi connectivity index (χ1) is 11.5. The zero-order valence-corrected chi connectivity index (χ0v) is 15.3. The van der Waals surface area contributed by atoms with Crippen molar-refractivity contribution < 1.29 is 9.47 Å². The molecule has 2 aromatic rings. The number of hydrogen-bond donors (Lipinski definition) is 1. The summed E-state index contributed by atoms with van der Waals surface area (Å²) in [6.45, 7) is 5.56. The average Bonchev–Trinajstić information content (AvgIpc) is 2.58. The number of nitrogens with two attached hydrogens (primary N) is 1. The van der Waals surface area contributed by atoms with Gasteiger partial charge in [0.25, 0.3) is 0 Å². The van der Waals surface area contributed by atoms with Crippen LogP contribution in [-0.2, 0) is 6.42 Å². The summed E-state index contributed by atoms with van der Waals surface area (Å²) in [7, 11) is 1.62. The fraction of sp³-hybridized carbons (Fsp3) is 0.400. The second kappa shape index (κ2) is 8.95. The molecule has 0 bridgehead atoms. The van der Waals surface area contributed by atoms with E-state index >= 15 is 0 Å². The van der Waals surface area contributed by atoms with Crippen LogP contribution < -0.4 is 15.2 Å². The van der Waals surface area contributed by atoms with Crippen LogP contribution in [0.3, 0.4) is 0 Å². The SMILES string of the molecule is COc1ccc(C(CN)Cc2cccc(OCC(C)C)c2)cc1Cl. The fourth-order valence-electron chi connectivity index (χ4n) is 2.58. The van der Waals surface area contributed by atoms with Crippen molar-refractivity contribution in [3.63, 3.8) is 0 Å². The second-order valence-electron chi connectivity index (χ2n) is 6.38.